The summed E-state index contributed by atoms with van der Waals surface area (Å²) < 4.78 is 165. The minimum atomic E-state index is -7.07. The van der Waals surface area contributed by atoms with Crippen molar-refractivity contribution < 1.29 is 61.6 Å². The Kier molecular flexibility index (Phi) is 6.91. The zero-order valence-electron chi connectivity index (χ0n) is 14.1. The monoisotopic (exact) mass is 484 g/mol. The summed E-state index contributed by atoms with van der Waals surface area (Å²) in [6.07, 6.45) is -13.7. The first-order valence-corrected chi connectivity index (χ1v) is 9.32. The SMILES string of the molecule is CCc1cc(F)c(C)c(SC(F)(F)C(F)(F)OC(F)(F)C(F)(F)S(=O)(=O)O)c1F. The van der Waals surface area contributed by atoms with E-state index in [1.54, 1.807) is 0 Å². The molecule has 0 aromatic heterocycles. The third kappa shape index (κ3) is 4.74. The fourth-order valence-corrected chi connectivity index (χ4v) is 2.97. The van der Waals surface area contributed by atoms with Gasteiger partial charge in [0.1, 0.15) is 11.6 Å². The van der Waals surface area contributed by atoms with E-state index in [0.717, 1.165) is 0 Å². The zero-order chi connectivity index (χ0) is 23.2. The highest BCUT2D eigenvalue weighted by atomic mass is 32.2. The first kappa shape index (κ1) is 25.8. The van der Waals surface area contributed by atoms with Gasteiger partial charge < -0.3 is 0 Å². The molecule has 29 heavy (non-hydrogen) atoms. The molecule has 0 heterocycles. The van der Waals surface area contributed by atoms with Gasteiger partial charge in [0.2, 0.25) is 0 Å². The third-order valence-electron chi connectivity index (χ3n) is 3.35. The third-order valence-corrected chi connectivity index (χ3v) is 5.42. The van der Waals surface area contributed by atoms with Crippen molar-refractivity contribution in [2.24, 2.45) is 0 Å². The Morgan fingerprint density at radius 1 is 1.03 bits per heavy atom. The Labute approximate surface area is 161 Å². The summed E-state index contributed by atoms with van der Waals surface area (Å²) in [6.45, 7) is 1.94. The van der Waals surface area contributed by atoms with Crippen LogP contribution in [0.4, 0.5) is 43.9 Å². The summed E-state index contributed by atoms with van der Waals surface area (Å²) in [4.78, 5) is -1.44. The van der Waals surface area contributed by atoms with E-state index in [0.29, 0.717) is 13.0 Å². The molecular formula is C13H10F10O4S2. The fourth-order valence-electron chi connectivity index (χ4n) is 1.74. The maximum absolute atomic E-state index is 14.1. The van der Waals surface area contributed by atoms with Gasteiger partial charge in [-0.3, -0.25) is 4.55 Å². The van der Waals surface area contributed by atoms with Gasteiger partial charge in [0.15, 0.2) is 0 Å². The lowest BCUT2D eigenvalue weighted by Crippen LogP contribution is -2.55. The standard InChI is InChI=1S/C13H10F10O4S2/c1-3-6-4-7(14)5(2)9(8(6)15)28-12(20,21)10(16,17)27-11(18,19)13(22,23)29(24,25)26/h4H,3H2,1-2H3,(H,24,25,26). The predicted molar refractivity (Wildman–Crippen MR) is 78.8 cm³/mol. The number of ether oxygens (including phenoxy) is 1. The fraction of sp³-hybridized carbons (Fsp3) is 0.538. The molecule has 0 aliphatic heterocycles. The molecule has 0 fully saturated rings. The Hall–Kier alpha value is -1.26. The lowest BCUT2D eigenvalue weighted by atomic mass is 10.1. The molecule has 4 nitrogen and oxygen atoms in total. The maximum Gasteiger partial charge on any atom is 0.460 e. The van der Waals surface area contributed by atoms with E-state index < -0.39 is 72.3 Å². The van der Waals surface area contributed by atoms with Crippen LogP contribution >= 0.6 is 11.8 Å². The van der Waals surface area contributed by atoms with Crippen molar-refractivity contribution >= 4 is 21.9 Å². The van der Waals surface area contributed by atoms with Crippen LogP contribution in [0.25, 0.3) is 0 Å². The first-order valence-electron chi connectivity index (χ1n) is 7.06. The molecule has 0 aliphatic carbocycles. The molecule has 1 N–H and O–H groups in total. The number of benzene rings is 1. The Morgan fingerprint density at radius 3 is 1.93 bits per heavy atom. The highest BCUT2D eigenvalue weighted by Gasteiger charge is 2.74. The van der Waals surface area contributed by atoms with Crippen LogP contribution in [0.5, 0.6) is 0 Å². The van der Waals surface area contributed by atoms with Gasteiger partial charge in [0.05, 0.1) is 4.90 Å². The average molecular weight is 484 g/mol. The van der Waals surface area contributed by atoms with Crippen molar-refractivity contribution in [3.05, 3.63) is 28.8 Å². The van der Waals surface area contributed by atoms with E-state index >= 15 is 0 Å². The summed E-state index contributed by atoms with van der Waals surface area (Å²) in [5, 5.41) is -12.7. The molecule has 0 saturated carbocycles. The number of aryl methyl sites for hydroxylation is 1. The van der Waals surface area contributed by atoms with Gasteiger partial charge in [0.25, 0.3) is 0 Å². The first-order chi connectivity index (χ1) is 12.7. The minimum absolute atomic E-state index is 0.284. The van der Waals surface area contributed by atoms with Crippen LogP contribution in [-0.2, 0) is 21.3 Å². The van der Waals surface area contributed by atoms with Crippen LogP contribution in [0, 0.1) is 18.6 Å². The maximum atomic E-state index is 14.1. The second-order valence-electron chi connectivity index (χ2n) is 5.39. The highest BCUT2D eigenvalue weighted by molar-refractivity contribution is 8.00. The van der Waals surface area contributed by atoms with Gasteiger partial charge in [-0.05, 0) is 36.7 Å². The van der Waals surface area contributed by atoms with Gasteiger partial charge in [-0.2, -0.15) is 43.5 Å². The van der Waals surface area contributed by atoms with Crippen molar-refractivity contribution in [1.82, 2.24) is 0 Å². The molecule has 168 valence electrons. The number of rotatable bonds is 8. The molecule has 1 rings (SSSR count). The van der Waals surface area contributed by atoms with E-state index in [2.05, 4.69) is 4.74 Å². The quantitative estimate of drug-likeness (QED) is 0.312. The van der Waals surface area contributed by atoms with Crippen molar-refractivity contribution in [2.75, 3.05) is 0 Å². The van der Waals surface area contributed by atoms with Crippen LogP contribution in [-0.4, -0.2) is 35.7 Å². The van der Waals surface area contributed by atoms with Gasteiger partial charge in [-0.15, -0.1) is 0 Å². The minimum Gasteiger partial charge on any atom is -0.281 e. The van der Waals surface area contributed by atoms with E-state index in [9.17, 15) is 52.3 Å². The summed E-state index contributed by atoms with van der Waals surface area (Å²) in [7, 11) is -7.07. The summed E-state index contributed by atoms with van der Waals surface area (Å²) in [5.41, 5.74) is -1.46. The number of hydrogen-bond acceptors (Lipinski definition) is 4. The molecule has 1 aromatic rings. The topological polar surface area (TPSA) is 63.6 Å². The zero-order valence-corrected chi connectivity index (χ0v) is 15.7. The number of alkyl halides is 8. The predicted octanol–water partition coefficient (Wildman–Crippen LogP) is 5.20. The van der Waals surface area contributed by atoms with Crippen LogP contribution in [0.3, 0.4) is 0 Å². The molecule has 0 radical (unpaired) electrons. The van der Waals surface area contributed by atoms with Crippen LogP contribution < -0.4 is 0 Å². The lowest BCUT2D eigenvalue weighted by Gasteiger charge is -2.31. The number of hydrogen-bond donors (Lipinski definition) is 1. The molecule has 0 saturated heterocycles. The second kappa shape index (κ2) is 7.77. The van der Waals surface area contributed by atoms with Gasteiger partial charge in [-0.25, -0.2) is 13.5 Å². The van der Waals surface area contributed by atoms with Gasteiger partial charge >= 0.3 is 32.8 Å². The molecule has 16 heteroatoms. The molecular weight excluding hydrogens is 474 g/mol. The van der Waals surface area contributed by atoms with Gasteiger partial charge in [0, 0.05) is 5.56 Å². The second-order valence-corrected chi connectivity index (χ2v) is 7.97. The molecule has 0 spiro atoms. The van der Waals surface area contributed by atoms with E-state index in [4.69, 9.17) is 4.55 Å². The Bertz CT molecular complexity index is 886. The summed E-state index contributed by atoms with van der Waals surface area (Å²) in [6, 6.07) is 0.572. The van der Waals surface area contributed by atoms with Crippen molar-refractivity contribution in [2.45, 2.75) is 47.9 Å². The molecule has 0 unspecified atom stereocenters. The molecule has 0 aliphatic rings. The summed E-state index contributed by atoms with van der Waals surface area (Å²) >= 11 is -1.50. The van der Waals surface area contributed by atoms with Crippen molar-refractivity contribution in [3.8, 4) is 0 Å². The number of halogens is 10. The van der Waals surface area contributed by atoms with E-state index in [1.165, 1.54) is 6.92 Å². The molecule has 0 bridgehead atoms. The highest BCUT2D eigenvalue weighted by Crippen LogP contribution is 2.53. The van der Waals surface area contributed by atoms with Crippen molar-refractivity contribution in [1.29, 1.82) is 0 Å². The molecule has 0 amide bonds. The number of thioether (sulfide) groups is 1. The van der Waals surface area contributed by atoms with E-state index in [-0.39, 0.29) is 6.42 Å². The average Bonchev–Trinajstić information content (AvgIpc) is 2.52. The Balaban J connectivity index is 3.38. The largest absolute Gasteiger partial charge is 0.460 e. The van der Waals surface area contributed by atoms with Crippen LogP contribution in [0.1, 0.15) is 18.1 Å². The molecule has 1 aromatic carbocycles. The van der Waals surface area contributed by atoms with Crippen LogP contribution in [0.2, 0.25) is 0 Å². The normalized spacial score (nSPS) is 14.4. The van der Waals surface area contributed by atoms with Gasteiger partial charge in [-0.1, -0.05) is 6.92 Å². The van der Waals surface area contributed by atoms with Crippen molar-refractivity contribution in [3.63, 3.8) is 0 Å². The van der Waals surface area contributed by atoms with E-state index in [1.807, 2.05) is 0 Å². The smallest absolute Gasteiger partial charge is 0.281 e. The molecule has 0 atom stereocenters. The summed E-state index contributed by atoms with van der Waals surface area (Å²) in [5.74, 6) is -2.91. The Morgan fingerprint density at radius 2 is 1.52 bits per heavy atom. The van der Waals surface area contributed by atoms with Crippen LogP contribution in [0.15, 0.2) is 11.0 Å². The lowest BCUT2D eigenvalue weighted by molar-refractivity contribution is -0.441.